The van der Waals surface area contributed by atoms with E-state index in [0.29, 0.717) is 5.92 Å². The molecule has 1 aromatic carbocycles. The largest absolute Gasteiger partial charge is 0.271 e. The predicted octanol–water partition coefficient (Wildman–Crippen LogP) is 3.61. The summed E-state index contributed by atoms with van der Waals surface area (Å²) in [5, 5.41) is 0. The topological polar surface area (TPSA) is 38.0 Å². The van der Waals surface area contributed by atoms with Crippen LogP contribution in [0.5, 0.6) is 0 Å². The highest BCUT2D eigenvalue weighted by atomic mass is 19.1. The minimum atomic E-state index is -0.168. The van der Waals surface area contributed by atoms with Gasteiger partial charge in [0.1, 0.15) is 5.82 Å². The van der Waals surface area contributed by atoms with Gasteiger partial charge >= 0.3 is 0 Å². The highest BCUT2D eigenvalue weighted by Crippen LogP contribution is 2.33. The molecule has 0 saturated heterocycles. The summed E-state index contributed by atoms with van der Waals surface area (Å²) in [5.74, 6) is 6.07. The van der Waals surface area contributed by atoms with Gasteiger partial charge in [-0.15, -0.1) is 0 Å². The third-order valence-corrected chi connectivity index (χ3v) is 3.97. The zero-order valence-corrected chi connectivity index (χ0v) is 11.1. The smallest absolute Gasteiger partial charge is 0.123 e. The maximum atomic E-state index is 13.5. The number of hydrazine groups is 1. The van der Waals surface area contributed by atoms with E-state index in [1.165, 1.54) is 38.5 Å². The molecule has 2 nitrogen and oxygen atoms in total. The van der Waals surface area contributed by atoms with Gasteiger partial charge in [-0.05, 0) is 48.9 Å². The van der Waals surface area contributed by atoms with Crippen molar-refractivity contribution in [3.05, 3.63) is 35.1 Å². The number of nitrogens with one attached hydrogen (secondary N) is 1. The van der Waals surface area contributed by atoms with E-state index in [9.17, 15) is 4.39 Å². The molecule has 0 bridgehead atoms. The number of hydrogen-bond acceptors (Lipinski definition) is 2. The average molecular weight is 250 g/mol. The first kappa shape index (κ1) is 13.5. The van der Waals surface area contributed by atoms with Crippen LogP contribution in [0.25, 0.3) is 0 Å². The minimum absolute atomic E-state index is 0.0810. The molecule has 2 rings (SSSR count). The molecule has 0 aromatic heterocycles. The summed E-state index contributed by atoms with van der Waals surface area (Å²) in [6, 6.07) is 5.29. The third kappa shape index (κ3) is 3.30. The van der Waals surface area contributed by atoms with Gasteiger partial charge in [-0.25, -0.2) is 4.39 Å². The molecule has 0 spiro atoms. The van der Waals surface area contributed by atoms with E-state index in [-0.39, 0.29) is 11.9 Å². The molecule has 0 heterocycles. The van der Waals surface area contributed by atoms with Crippen molar-refractivity contribution in [2.75, 3.05) is 0 Å². The van der Waals surface area contributed by atoms with Crippen LogP contribution in [-0.2, 0) is 0 Å². The van der Waals surface area contributed by atoms with Crippen LogP contribution in [0.15, 0.2) is 18.2 Å². The number of aryl methyl sites for hydroxylation is 1. The van der Waals surface area contributed by atoms with E-state index in [0.717, 1.165) is 11.1 Å². The molecule has 1 aliphatic rings. The predicted molar refractivity (Wildman–Crippen MR) is 72.4 cm³/mol. The first-order valence-electron chi connectivity index (χ1n) is 6.94. The number of nitrogens with two attached hydrogens (primary N) is 1. The van der Waals surface area contributed by atoms with E-state index in [2.05, 4.69) is 5.43 Å². The van der Waals surface area contributed by atoms with Gasteiger partial charge in [-0.2, -0.15) is 0 Å². The first-order valence-corrected chi connectivity index (χ1v) is 6.94. The maximum Gasteiger partial charge on any atom is 0.123 e. The monoisotopic (exact) mass is 250 g/mol. The molecule has 0 radical (unpaired) electrons. The lowest BCUT2D eigenvalue weighted by Crippen LogP contribution is -2.33. The van der Waals surface area contributed by atoms with E-state index in [1.54, 1.807) is 12.1 Å². The summed E-state index contributed by atoms with van der Waals surface area (Å²) in [6.45, 7) is 1.92. The van der Waals surface area contributed by atoms with Gasteiger partial charge in [-0.3, -0.25) is 11.3 Å². The molecule has 1 atom stereocenters. The van der Waals surface area contributed by atoms with Crippen molar-refractivity contribution in [1.29, 1.82) is 0 Å². The lowest BCUT2D eigenvalue weighted by molar-refractivity contribution is 0.328. The van der Waals surface area contributed by atoms with Gasteiger partial charge in [0.25, 0.3) is 0 Å². The standard InChI is InChI=1S/C15H23FN2/c1-11-8-13(10-14(16)9-11)15(18-17)12-6-4-2-3-5-7-12/h8-10,12,15,18H,2-7,17H2,1H3. The average Bonchev–Trinajstić information content (AvgIpc) is 2.58. The fourth-order valence-corrected chi connectivity index (χ4v) is 3.09. The Hall–Kier alpha value is -0.930. The van der Waals surface area contributed by atoms with E-state index >= 15 is 0 Å². The second-order valence-electron chi connectivity index (χ2n) is 5.46. The lowest BCUT2D eigenvalue weighted by atomic mass is 9.87. The molecule has 3 N–H and O–H groups in total. The lowest BCUT2D eigenvalue weighted by Gasteiger charge is -2.26. The molecular weight excluding hydrogens is 227 g/mol. The summed E-state index contributed by atoms with van der Waals surface area (Å²) in [6.07, 6.45) is 7.52. The molecule has 3 heteroatoms. The van der Waals surface area contributed by atoms with Gasteiger partial charge in [0.15, 0.2) is 0 Å². The summed E-state index contributed by atoms with van der Waals surface area (Å²) >= 11 is 0. The van der Waals surface area contributed by atoms with Crippen molar-refractivity contribution >= 4 is 0 Å². The van der Waals surface area contributed by atoms with Crippen molar-refractivity contribution in [2.45, 2.75) is 51.5 Å². The van der Waals surface area contributed by atoms with Crippen LogP contribution in [0, 0.1) is 18.7 Å². The molecule has 0 amide bonds. The summed E-state index contributed by atoms with van der Waals surface area (Å²) in [4.78, 5) is 0. The van der Waals surface area contributed by atoms with Crippen LogP contribution in [0.4, 0.5) is 4.39 Å². The molecule has 1 unspecified atom stereocenters. The van der Waals surface area contributed by atoms with Crippen molar-refractivity contribution in [3.8, 4) is 0 Å². The van der Waals surface area contributed by atoms with Crippen molar-refractivity contribution in [2.24, 2.45) is 11.8 Å². The fraction of sp³-hybridized carbons (Fsp3) is 0.600. The molecular formula is C15H23FN2. The van der Waals surface area contributed by atoms with Crippen LogP contribution in [0.3, 0.4) is 0 Å². The molecule has 1 aliphatic carbocycles. The van der Waals surface area contributed by atoms with Crippen molar-refractivity contribution in [3.63, 3.8) is 0 Å². The Morgan fingerprint density at radius 1 is 1.17 bits per heavy atom. The number of halogens is 1. The number of hydrogen-bond donors (Lipinski definition) is 2. The SMILES string of the molecule is Cc1cc(F)cc(C(NN)C2CCCCCC2)c1. The Kier molecular flexibility index (Phi) is 4.72. The molecule has 1 fully saturated rings. The van der Waals surface area contributed by atoms with Crippen molar-refractivity contribution < 1.29 is 4.39 Å². The molecule has 1 aromatic rings. The van der Waals surface area contributed by atoms with E-state index < -0.39 is 0 Å². The van der Waals surface area contributed by atoms with Gasteiger partial charge in [-0.1, -0.05) is 31.7 Å². The Balaban J connectivity index is 2.20. The second kappa shape index (κ2) is 6.30. The van der Waals surface area contributed by atoms with Crippen LogP contribution >= 0.6 is 0 Å². The minimum Gasteiger partial charge on any atom is -0.271 e. The fourth-order valence-electron chi connectivity index (χ4n) is 3.09. The van der Waals surface area contributed by atoms with Crippen LogP contribution in [0.2, 0.25) is 0 Å². The van der Waals surface area contributed by atoms with Gasteiger partial charge in [0.05, 0.1) is 0 Å². The summed E-state index contributed by atoms with van der Waals surface area (Å²) in [5.41, 5.74) is 4.85. The van der Waals surface area contributed by atoms with Crippen molar-refractivity contribution in [1.82, 2.24) is 5.43 Å². The van der Waals surface area contributed by atoms with Crippen LogP contribution < -0.4 is 11.3 Å². The normalized spacial score (nSPS) is 19.5. The summed E-state index contributed by atoms with van der Waals surface area (Å²) < 4.78 is 13.5. The molecule has 1 saturated carbocycles. The summed E-state index contributed by atoms with van der Waals surface area (Å²) in [7, 11) is 0. The first-order chi connectivity index (χ1) is 8.70. The second-order valence-corrected chi connectivity index (χ2v) is 5.46. The quantitative estimate of drug-likeness (QED) is 0.488. The number of benzene rings is 1. The van der Waals surface area contributed by atoms with E-state index in [4.69, 9.17) is 5.84 Å². The number of rotatable bonds is 3. The Morgan fingerprint density at radius 3 is 2.39 bits per heavy atom. The van der Waals surface area contributed by atoms with Crippen LogP contribution in [-0.4, -0.2) is 0 Å². The van der Waals surface area contributed by atoms with Gasteiger partial charge < -0.3 is 0 Å². The third-order valence-electron chi connectivity index (χ3n) is 3.97. The Labute approximate surface area is 109 Å². The zero-order chi connectivity index (χ0) is 13.0. The van der Waals surface area contributed by atoms with Gasteiger partial charge in [0.2, 0.25) is 0 Å². The molecule has 0 aliphatic heterocycles. The Bertz CT molecular complexity index is 364. The highest BCUT2D eigenvalue weighted by molar-refractivity contribution is 5.26. The maximum absolute atomic E-state index is 13.5. The molecule has 18 heavy (non-hydrogen) atoms. The Morgan fingerprint density at radius 2 is 1.83 bits per heavy atom. The van der Waals surface area contributed by atoms with Crippen LogP contribution in [0.1, 0.15) is 55.7 Å². The van der Waals surface area contributed by atoms with E-state index in [1.807, 2.05) is 13.0 Å². The zero-order valence-electron chi connectivity index (χ0n) is 11.1. The van der Waals surface area contributed by atoms with Gasteiger partial charge in [0, 0.05) is 6.04 Å². The highest BCUT2D eigenvalue weighted by Gasteiger charge is 2.23. The molecule has 100 valence electrons.